The molecule has 3 aromatic rings. The highest BCUT2D eigenvalue weighted by molar-refractivity contribution is 5.95. The van der Waals surface area contributed by atoms with Crippen LogP contribution in [0, 0.1) is 0 Å². The van der Waals surface area contributed by atoms with Crippen molar-refractivity contribution in [1.82, 2.24) is 20.1 Å². The van der Waals surface area contributed by atoms with Crippen molar-refractivity contribution >= 4 is 42.5 Å². The van der Waals surface area contributed by atoms with Crippen molar-refractivity contribution in [3.8, 4) is 17.1 Å². The van der Waals surface area contributed by atoms with E-state index in [9.17, 15) is 9.59 Å². The average molecular weight is 482 g/mol. The number of rotatable bonds is 9. The van der Waals surface area contributed by atoms with Gasteiger partial charge in [-0.1, -0.05) is 30.3 Å². The quantitative estimate of drug-likeness (QED) is 0.429. The maximum absolute atomic E-state index is 12.9. The Hall–Kier alpha value is -3.14. The second-order valence-electron chi connectivity index (χ2n) is 6.63. The van der Waals surface area contributed by atoms with Crippen LogP contribution in [0.4, 0.5) is 5.82 Å². The van der Waals surface area contributed by atoms with Gasteiger partial charge < -0.3 is 15.2 Å². The lowest BCUT2D eigenvalue weighted by Crippen LogP contribution is -2.44. The number of pyridine rings is 1. The summed E-state index contributed by atoms with van der Waals surface area (Å²) in [6.07, 6.45) is 1.97. The zero-order valence-electron chi connectivity index (χ0n) is 17.5. The number of anilines is 1. The molecular weight excluding hydrogens is 457 g/mol. The van der Waals surface area contributed by atoms with Crippen molar-refractivity contribution in [1.29, 1.82) is 0 Å². The van der Waals surface area contributed by atoms with E-state index >= 15 is 0 Å². The number of carboxylic acid groups (broad SMARTS) is 1. The van der Waals surface area contributed by atoms with Gasteiger partial charge in [-0.05, 0) is 18.1 Å². The number of benzene rings is 1. The fraction of sp³-hybridized carbons (Fsp3) is 0.238. The number of halogens is 2. The topological polar surface area (TPSA) is 118 Å². The van der Waals surface area contributed by atoms with Crippen LogP contribution in [0.25, 0.3) is 11.3 Å². The van der Waals surface area contributed by atoms with Gasteiger partial charge in [0.25, 0.3) is 0 Å². The van der Waals surface area contributed by atoms with E-state index in [4.69, 9.17) is 9.84 Å². The standard InChI is InChI=1S/C21H23N5O4.2ClH/c1-26-18(12-16(25-26)15-8-9-22-19(11-15)30-2)24-21(29)17(23-13-20(27)28)10-14-6-4-3-5-7-14;;/h3-9,11-12,17,23H,10,13H2,1-2H3,(H,24,29)(H,27,28);2*1H/t17-;;/m0../s1. The smallest absolute Gasteiger partial charge is 0.317 e. The molecule has 1 aromatic carbocycles. The number of nitrogens with one attached hydrogen (secondary N) is 2. The maximum Gasteiger partial charge on any atom is 0.317 e. The molecule has 11 heteroatoms. The number of amides is 1. The van der Waals surface area contributed by atoms with Crippen LogP contribution in [-0.4, -0.2) is 51.4 Å². The van der Waals surface area contributed by atoms with Gasteiger partial charge in [-0.2, -0.15) is 5.10 Å². The minimum atomic E-state index is -1.03. The Balaban J connectivity index is 0.00000256. The first-order valence-corrected chi connectivity index (χ1v) is 9.30. The summed E-state index contributed by atoms with van der Waals surface area (Å²) in [5.41, 5.74) is 2.36. The molecular formula is C21H25Cl2N5O4. The molecule has 0 saturated carbocycles. The highest BCUT2D eigenvalue weighted by Crippen LogP contribution is 2.23. The molecule has 0 fully saturated rings. The van der Waals surface area contributed by atoms with E-state index < -0.39 is 12.0 Å². The number of ether oxygens (including phenoxy) is 1. The third-order valence-electron chi connectivity index (χ3n) is 4.47. The Morgan fingerprint density at radius 2 is 1.88 bits per heavy atom. The molecule has 2 aromatic heterocycles. The predicted molar refractivity (Wildman–Crippen MR) is 126 cm³/mol. The first-order valence-electron chi connectivity index (χ1n) is 9.30. The first kappa shape index (κ1) is 26.9. The van der Waals surface area contributed by atoms with Crippen LogP contribution in [0.5, 0.6) is 5.88 Å². The highest BCUT2D eigenvalue weighted by Gasteiger charge is 2.21. The largest absolute Gasteiger partial charge is 0.481 e. The van der Waals surface area contributed by atoms with E-state index in [-0.39, 0.29) is 37.3 Å². The molecule has 0 unspecified atom stereocenters. The number of aliphatic carboxylic acids is 1. The number of carbonyl (C=O) groups is 2. The molecule has 0 bridgehead atoms. The fourth-order valence-electron chi connectivity index (χ4n) is 2.94. The number of carboxylic acids is 1. The monoisotopic (exact) mass is 481 g/mol. The van der Waals surface area contributed by atoms with E-state index in [1.54, 1.807) is 36.1 Å². The molecule has 0 saturated heterocycles. The maximum atomic E-state index is 12.9. The van der Waals surface area contributed by atoms with Crippen molar-refractivity contribution in [2.75, 3.05) is 19.0 Å². The molecule has 9 nitrogen and oxygen atoms in total. The van der Waals surface area contributed by atoms with Gasteiger partial charge in [0, 0.05) is 30.9 Å². The SMILES string of the molecule is COc1cc(-c2cc(NC(=O)[C@H](Cc3ccccc3)NCC(=O)O)n(C)n2)ccn1.Cl.Cl. The molecule has 0 aliphatic heterocycles. The minimum absolute atomic E-state index is 0. The predicted octanol–water partition coefficient (Wildman–Crippen LogP) is 2.56. The van der Waals surface area contributed by atoms with Gasteiger partial charge in [-0.25, -0.2) is 4.98 Å². The number of aryl methyl sites for hydroxylation is 1. The van der Waals surface area contributed by atoms with E-state index in [1.807, 2.05) is 30.3 Å². The number of methoxy groups -OCH3 is 1. The summed E-state index contributed by atoms with van der Waals surface area (Å²) in [5, 5.41) is 19.1. The summed E-state index contributed by atoms with van der Waals surface area (Å²) in [7, 11) is 3.25. The summed E-state index contributed by atoms with van der Waals surface area (Å²) in [5.74, 6) is -0.428. The lowest BCUT2D eigenvalue weighted by atomic mass is 10.1. The molecule has 2 heterocycles. The van der Waals surface area contributed by atoms with Crippen LogP contribution >= 0.6 is 24.8 Å². The second kappa shape index (κ2) is 12.7. The Morgan fingerprint density at radius 1 is 1.16 bits per heavy atom. The van der Waals surface area contributed by atoms with Crippen molar-refractivity contribution in [2.45, 2.75) is 12.5 Å². The third-order valence-corrected chi connectivity index (χ3v) is 4.47. The molecule has 0 aliphatic rings. The summed E-state index contributed by atoms with van der Waals surface area (Å²) >= 11 is 0. The average Bonchev–Trinajstić information content (AvgIpc) is 3.12. The summed E-state index contributed by atoms with van der Waals surface area (Å²) < 4.78 is 6.69. The van der Waals surface area contributed by atoms with Crippen LogP contribution in [0.3, 0.4) is 0 Å². The van der Waals surface area contributed by atoms with Crippen molar-refractivity contribution in [2.24, 2.45) is 7.05 Å². The number of carbonyl (C=O) groups excluding carboxylic acids is 1. The Bertz CT molecular complexity index is 1030. The third kappa shape index (κ3) is 7.23. The Labute approximate surface area is 198 Å². The van der Waals surface area contributed by atoms with Gasteiger partial charge >= 0.3 is 5.97 Å². The fourth-order valence-corrected chi connectivity index (χ4v) is 2.94. The van der Waals surface area contributed by atoms with E-state index in [0.29, 0.717) is 23.8 Å². The van der Waals surface area contributed by atoms with Gasteiger partial charge in [0.05, 0.1) is 25.4 Å². The molecule has 0 radical (unpaired) electrons. The molecule has 0 spiro atoms. The zero-order valence-corrected chi connectivity index (χ0v) is 19.2. The van der Waals surface area contributed by atoms with Crippen LogP contribution < -0.4 is 15.4 Å². The van der Waals surface area contributed by atoms with Gasteiger partial charge in [0.1, 0.15) is 5.82 Å². The molecule has 0 aliphatic carbocycles. The Morgan fingerprint density at radius 3 is 2.53 bits per heavy atom. The molecule has 3 rings (SSSR count). The van der Waals surface area contributed by atoms with Crippen LogP contribution in [0.1, 0.15) is 5.56 Å². The van der Waals surface area contributed by atoms with Crippen molar-refractivity contribution in [3.63, 3.8) is 0 Å². The van der Waals surface area contributed by atoms with Gasteiger partial charge in [-0.3, -0.25) is 19.6 Å². The summed E-state index contributed by atoms with van der Waals surface area (Å²) in [4.78, 5) is 27.9. The van der Waals surface area contributed by atoms with E-state index in [2.05, 4.69) is 20.7 Å². The van der Waals surface area contributed by atoms with Crippen LogP contribution in [-0.2, 0) is 23.1 Å². The number of nitrogens with zero attached hydrogens (tertiary/aromatic N) is 3. The van der Waals surface area contributed by atoms with Crippen molar-refractivity contribution < 1.29 is 19.4 Å². The van der Waals surface area contributed by atoms with Gasteiger partial charge in [-0.15, -0.1) is 24.8 Å². The van der Waals surface area contributed by atoms with Crippen molar-refractivity contribution in [3.05, 3.63) is 60.3 Å². The molecule has 32 heavy (non-hydrogen) atoms. The summed E-state index contributed by atoms with van der Waals surface area (Å²) in [6, 6.07) is 14.0. The first-order chi connectivity index (χ1) is 14.5. The summed E-state index contributed by atoms with van der Waals surface area (Å²) in [6.45, 7) is -0.321. The Kier molecular flexibility index (Phi) is 10.6. The van der Waals surface area contributed by atoms with Gasteiger partial charge in [0.15, 0.2) is 0 Å². The van der Waals surface area contributed by atoms with E-state index in [1.165, 1.54) is 7.11 Å². The van der Waals surface area contributed by atoms with Crippen LogP contribution in [0.15, 0.2) is 54.7 Å². The molecule has 172 valence electrons. The molecule has 3 N–H and O–H groups in total. The minimum Gasteiger partial charge on any atom is -0.481 e. The second-order valence-corrected chi connectivity index (χ2v) is 6.63. The van der Waals surface area contributed by atoms with Gasteiger partial charge in [0.2, 0.25) is 11.8 Å². The number of aromatic nitrogens is 3. The molecule has 1 amide bonds. The lowest BCUT2D eigenvalue weighted by Gasteiger charge is -2.17. The zero-order chi connectivity index (χ0) is 21.5. The number of hydrogen-bond acceptors (Lipinski definition) is 6. The lowest BCUT2D eigenvalue weighted by molar-refractivity contribution is -0.136. The molecule has 1 atom stereocenters. The highest BCUT2D eigenvalue weighted by atomic mass is 35.5. The normalized spacial score (nSPS) is 10.9. The number of hydrogen-bond donors (Lipinski definition) is 3. The van der Waals surface area contributed by atoms with E-state index in [0.717, 1.165) is 11.1 Å². The van der Waals surface area contributed by atoms with Crippen LogP contribution in [0.2, 0.25) is 0 Å².